The first-order valence-electron chi connectivity index (χ1n) is 7.81. The monoisotopic (exact) mass is 330 g/mol. The third kappa shape index (κ3) is 3.57. The van der Waals surface area contributed by atoms with E-state index in [1.54, 1.807) is 12.1 Å². The first-order valence-corrected chi connectivity index (χ1v) is 9.29. The maximum absolute atomic E-state index is 12.4. The summed E-state index contributed by atoms with van der Waals surface area (Å²) in [5, 5.41) is 0. The van der Waals surface area contributed by atoms with Gasteiger partial charge >= 0.3 is 0 Å². The number of para-hydroxylation sites is 1. The number of hydrogen-bond acceptors (Lipinski definition) is 3. The summed E-state index contributed by atoms with van der Waals surface area (Å²) in [5.74, 6) is 0.273. The Morgan fingerprint density at radius 2 is 1.83 bits per heavy atom. The Morgan fingerprint density at radius 1 is 1.13 bits per heavy atom. The summed E-state index contributed by atoms with van der Waals surface area (Å²) in [6.07, 6.45) is 0.900. The minimum Gasteiger partial charge on any atom is -0.374 e. The van der Waals surface area contributed by atoms with Crippen LogP contribution in [0, 0.1) is 12.8 Å². The lowest BCUT2D eigenvalue weighted by Crippen LogP contribution is -2.39. The van der Waals surface area contributed by atoms with E-state index in [1.165, 1.54) is 11.3 Å². The molecule has 2 aromatic rings. The van der Waals surface area contributed by atoms with Gasteiger partial charge in [0.2, 0.25) is 10.0 Å². The largest absolute Gasteiger partial charge is 0.374 e. The van der Waals surface area contributed by atoms with Crippen molar-refractivity contribution in [3.05, 3.63) is 59.7 Å². The predicted octanol–water partition coefficient (Wildman–Crippen LogP) is 2.58. The normalized spacial score (nSPS) is 17.8. The molecular formula is C18H22N2O2S. The molecule has 3 rings (SSSR count). The summed E-state index contributed by atoms with van der Waals surface area (Å²) in [7, 11) is -1.38. The van der Waals surface area contributed by atoms with Crippen LogP contribution in [-0.2, 0) is 16.4 Å². The lowest BCUT2D eigenvalue weighted by molar-refractivity contribution is 0.488. The summed E-state index contributed by atoms with van der Waals surface area (Å²) >= 11 is 0. The molecular weight excluding hydrogens is 308 g/mol. The first-order chi connectivity index (χ1) is 11.0. The van der Waals surface area contributed by atoms with Crippen LogP contribution in [0.15, 0.2) is 53.4 Å². The molecule has 1 aliphatic rings. The summed E-state index contributed by atoms with van der Waals surface area (Å²) in [5.41, 5.74) is 3.57. The minimum atomic E-state index is -3.44. The first kappa shape index (κ1) is 16.0. The number of fused-ring (bicyclic) bond motifs is 1. The third-order valence-electron chi connectivity index (χ3n) is 4.34. The molecule has 1 N–H and O–H groups in total. The van der Waals surface area contributed by atoms with E-state index in [2.05, 4.69) is 28.8 Å². The van der Waals surface area contributed by atoms with E-state index in [0.29, 0.717) is 11.4 Å². The van der Waals surface area contributed by atoms with Crippen molar-refractivity contribution in [1.29, 1.82) is 0 Å². The highest BCUT2D eigenvalue weighted by Crippen LogP contribution is 2.28. The van der Waals surface area contributed by atoms with Crippen LogP contribution in [0.25, 0.3) is 0 Å². The van der Waals surface area contributed by atoms with Crippen molar-refractivity contribution in [3.63, 3.8) is 0 Å². The van der Waals surface area contributed by atoms with Crippen LogP contribution in [0.2, 0.25) is 0 Å². The Labute approximate surface area is 138 Å². The Morgan fingerprint density at radius 3 is 2.57 bits per heavy atom. The van der Waals surface area contributed by atoms with Gasteiger partial charge < -0.3 is 4.90 Å². The molecule has 0 saturated heterocycles. The van der Waals surface area contributed by atoms with E-state index in [4.69, 9.17) is 0 Å². The van der Waals surface area contributed by atoms with Crippen LogP contribution in [0.1, 0.15) is 11.1 Å². The predicted molar refractivity (Wildman–Crippen MR) is 93.3 cm³/mol. The van der Waals surface area contributed by atoms with Gasteiger partial charge in [0, 0.05) is 25.8 Å². The average molecular weight is 330 g/mol. The maximum Gasteiger partial charge on any atom is 0.240 e. The number of benzene rings is 2. The van der Waals surface area contributed by atoms with Crippen molar-refractivity contribution in [2.45, 2.75) is 18.2 Å². The average Bonchev–Trinajstić information content (AvgIpc) is 2.54. The fourth-order valence-corrected chi connectivity index (χ4v) is 4.20. The molecule has 2 aromatic carbocycles. The zero-order chi connectivity index (χ0) is 16.4. The van der Waals surface area contributed by atoms with E-state index < -0.39 is 10.0 Å². The van der Waals surface area contributed by atoms with E-state index in [0.717, 1.165) is 18.5 Å². The second kappa shape index (κ2) is 6.34. The van der Waals surface area contributed by atoms with Gasteiger partial charge in [0.15, 0.2) is 0 Å². The van der Waals surface area contributed by atoms with Gasteiger partial charge in [0.05, 0.1) is 4.90 Å². The van der Waals surface area contributed by atoms with E-state index >= 15 is 0 Å². The molecule has 1 heterocycles. The van der Waals surface area contributed by atoms with Crippen LogP contribution < -0.4 is 9.62 Å². The second-order valence-corrected chi connectivity index (χ2v) is 8.01. The standard InChI is InChI=1S/C18H22N2O2S/c1-14-7-9-17(10-8-14)23(21,22)19-12-15-11-16-5-3-4-6-18(16)20(2)13-15/h3-10,15,19H,11-13H2,1-2H3. The molecule has 1 aliphatic heterocycles. The summed E-state index contributed by atoms with van der Waals surface area (Å²) in [6.45, 7) is 3.25. The molecule has 0 bridgehead atoms. The summed E-state index contributed by atoms with van der Waals surface area (Å²) in [6, 6.07) is 15.2. The number of rotatable bonds is 4. The molecule has 0 saturated carbocycles. The molecule has 23 heavy (non-hydrogen) atoms. The highest BCUT2D eigenvalue weighted by atomic mass is 32.2. The third-order valence-corrected chi connectivity index (χ3v) is 5.78. The molecule has 0 fully saturated rings. The van der Waals surface area contributed by atoms with Crippen LogP contribution in [0.5, 0.6) is 0 Å². The van der Waals surface area contributed by atoms with Crippen LogP contribution in [0.4, 0.5) is 5.69 Å². The molecule has 0 spiro atoms. The zero-order valence-electron chi connectivity index (χ0n) is 13.5. The van der Waals surface area contributed by atoms with Crippen molar-refractivity contribution in [2.24, 2.45) is 5.92 Å². The van der Waals surface area contributed by atoms with Crippen molar-refractivity contribution in [2.75, 3.05) is 25.0 Å². The van der Waals surface area contributed by atoms with E-state index in [9.17, 15) is 8.42 Å². The lowest BCUT2D eigenvalue weighted by Gasteiger charge is -2.33. The number of nitrogens with zero attached hydrogens (tertiary/aromatic N) is 1. The van der Waals surface area contributed by atoms with Gasteiger partial charge in [0.25, 0.3) is 0 Å². The maximum atomic E-state index is 12.4. The highest BCUT2D eigenvalue weighted by Gasteiger charge is 2.23. The lowest BCUT2D eigenvalue weighted by atomic mass is 9.93. The Hall–Kier alpha value is -1.85. The summed E-state index contributed by atoms with van der Waals surface area (Å²) in [4.78, 5) is 2.52. The smallest absolute Gasteiger partial charge is 0.240 e. The Bertz CT molecular complexity index is 785. The molecule has 1 unspecified atom stereocenters. The number of nitrogens with one attached hydrogen (secondary N) is 1. The quantitative estimate of drug-likeness (QED) is 0.937. The van der Waals surface area contributed by atoms with Crippen molar-refractivity contribution in [1.82, 2.24) is 4.72 Å². The molecule has 4 nitrogen and oxygen atoms in total. The minimum absolute atomic E-state index is 0.273. The van der Waals surface area contributed by atoms with E-state index in [-0.39, 0.29) is 5.92 Å². The SMILES string of the molecule is Cc1ccc(S(=O)(=O)NCC2Cc3ccccc3N(C)C2)cc1. The zero-order valence-corrected chi connectivity index (χ0v) is 14.3. The highest BCUT2D eigenvalue weighted by molar-refractivity contribution is 7.89. The van der Waals surface area contributed by atoms with Gasteiger partial charge in [0.1, 0.15) is 0 Å². The molecule has 5 heteroatoms. The van der Waals surface area contributed by atoms with Crippen LogP contribution >= 0.6 is 0 Å². The molecule has 0 aromatic heterocycles. The van der Waals surface area contributed by atoms with Gasteiger partial charge in [-0.25, -0.2) is 13.1 Å². The Kier molecular flexibility index (Phi) is 4.41. The number of aryl methyl sites for hydroxylation is 1. The van der Waals surface area contributed by atoms with Gasteiger partial charge in [-0.3, -0.25) is 0 Å². The van der Waals surface area contributed by atoms with Gasteiger partial charge in [-0.15, -0.1) is 0 Å². The van der Waals surface area contributed by atoms with Crippen LogP contribution in [-0.4, -0.2) is 28.6 Å². The number of sulfonamides is 1. The fourth-order valence-electron chi connectivity index (χ4n) is 3.08. The van der Waals surface area contributed by atoms with Gasteiger partial charge in [-0.1, -0.05) is 35.9 Å². The number of anilines is 1. The van der Waals surface area contributed by atoms with Crippen molar-refractivity contribution in [3.8, 4) is 0 Å². The topological polar surface area (TPSA) is 49.4 Å². The van der Waals surface area contributed by atoms with Crippen molar-refractivity contribution >= 4 is 15.7 Å². The molecule has 0 aliphatic carbocycles. The molecule has 122 valence electrons. The van der Waals surface area contributed by atoms with Gasteiger partial charge in [-0.2, -0.15) is 0 Å². The van der Waals surface area contributed by atoms with E-state index in [1.807, 2.05) is 31.2 Å². The van der Waals surface area contributed by atoms with Crippen molar-refractivity contribution < 1.29 is 8.42 Å². The Balaban J connectivity index is 1.68. The fraction of sp³-hybridized carbons (Fsp3) is 0.333. The number of hydrogen-bond donors (Lipinski definition) is 1. The summed E-state index contributed by atoms with van der Waals surface area (Å²) < 4.78 is 27.5. The van der Waals surface area contributed by atoms with Gasteiger partial charge in [-0.05, 0) is 43.0 Å². The second-order valence-electron chi connectivity index (χ2n) is 6.24. The molecule has 0 radical (unpaired) electrons. The molecule has 1 atom stereocenters. The van der Waals surface area contributed by atoms with Crippen LogP contribution in [0.3, 0.4) is 0 Å². The molecule has 0 amide bonds.